The molecule has 1 amide bonds. The Labute approximate surface area is 166 Å². The summed E-state index contributed by atoms with van der Waals surface area (Å²) in [5.41, 5.74) is 3.70. The first-order valence-electron chi connectivity index (χ1n) is 8.70. The molecule has 3 aromatic heterocycles. The molecule has 0 unspecified atom stereocenters. The summed E-state index contributed by atoms with van der Waals surface area (Å²) in [6.07, 6.45) is 1.91. The Balaban J connectivity index is 1.67. The van der Waals surface area contributed by atoms with E-state index in [2.05, 4.69) is 10.3 Å². The van der Waals surface area contributed by atoms with Gasteiger partial charge in [0.15, 0.2) is 17.2 Å². The Bertz CT molecular complexity index is 1120. The average Bonchev–Trinajstić information content (AvgIpc) is 3.38. The molecular formula is C21H19N3O3S. The standard InChI is InChI=1S/C21H19N3O3S/c1-26-16-7-5-6-14(20(16)27-2)12-22-21(25)18-19(15-9-11-28-13-15)24-10-4-3-8-17(24)23-18/h3-11,13H,12H2,1-2H3,(H,22,25). The molecule has 28 heavy (non-hydrogen) atoms. The first-order chi connectivity index (χ1) is 13.7. The molecule has 142 valence electrons. The molecule has 0 saturated heterocycles. The van der Waals surface area contributed by atoms with Crippen molar-refractivity contribution in [3.8, 4) is 22.8 Å². The number of pyridine rings is 1. The van der Waals surface area contributed by atoms with Gasteiger partial charge < -0.3 is 14.8 Å². The van der Waals surface area contributed by atoms with Gasteiger partial charge >= 0.3 is 0 Å². The summed E-state index contributed by atoms with van der Waals surface area (Å²) < 4.78 is 12.7. The Morgan fingerprint density at radius 2 is 2.04 bits per heavy atom. The highest BCUT2D eigenvalue weighted by Gasteiger charge is 2.21. The lowest BCUT2D eigenvalue weighted by atomic mass is 10.1. The number of fused-ring (bicyclic) bond motifs is 1. The summed E-state index contributed by atoms with van der Waals surface area (Å²) in [7, 11) is 3.17. The van der Waals surface area contributed by atoms with E-state index in [-0.39, 0.29) is 5.91 Å². The number of aromatic nitrogens is 2. The average molecular weight is 393 g/mol. The highest BCUT2D eigenvalue weighted by atomic mass is 32.1. The van der Waals surface area contributed by atoms with Crippen molar-refractivity contribution in [1.29, 1.82) is 0 Å². The number of amides is 1. The van der Waals surface area contributed by atoms with Crippen molar-refractivity contribution in [3.05, 3.63) is 70.7 Å². The van der Waals surface area contributed by atoms with Crippen LogP contribution in [0.3, 0.4) is 0 Å². The lowest BCUT2D eigenvalue weighted by Crippen LogP contribution is -2.24. The fourth-order valence-electron chi connectivity index (χ4n) is 3.18. The van der Waals surface area contributed by atoms with Gasteiger partial charge in [-0.3, -0.25) is 9.20 Å². The molecule has 0 aliphatic rings. The third-order valence-corrected chi connectivity index (χ3v) is 5.15. The number of thiophene rings is 1. The van der Waals surface area contributed by atoms with Crippen LogP contribution < -0.4 is 14.8 Å². The second-order valence-electron chi connectivity index (χ2n) is 6.09. The van der Waals surface area contributed by atoms with Gasteiger partial charge in [0.05, 0.1) is 19.9 Å². The number of hydrogen-bond donors (Lipinski definition) is 1. The van der Waals surface area contributed by atoms with Crippen LogP contribution in [0, 0.1) is 0 Å². The van der Waals surface area contributed by atoms with E-state index in [0.717, 1.165) is 22.5 Å². The summed E-state index contributed by atoms with van der Waals surface area (Å²) in [6, 6.07) is 13.3. The van der Waals surface area contributed by atoms with Crippen molar-refractivity contribution in [2.45, 2.75) is 6.54 Å². The van der Waals surface area contributed by atoms with Crippen molar-refractivity contribution >= 4 is 22.9 Å². The summed E-state index contributed by atoms with van der Waals surface area (Å²) in [6.45, 7) is 0.302. The minimum atomic E-state index is -0.241. The number of para-hydroxylation sites is 1. The van der Waals surface area contributed by atoms with Crippen LogP contribution in [0.15, 0.2) is 59.4 Å². The number of ether oxygens (including phenoxy) is 2. The first kappa shape index (κ1) is 18.1. The molecule has 1 N–H and O–H groups in total. The van der Waals surface area contributed by atoms with Gasteiger partial charge in [0, 0.05) is 29.2 Å². The Kier molecular flexibility index (Phi) is 4.99. The zero-order valence-corrected chi connectivity index (χ0v) is 16.3. The fourth-order valence-corrected chi connectivity index (χ4v) is 3.82. The lowest BCUT2D eigenvalue weighted by molar-refractivity contribution is 0.0947. The van der Waals surface area contributed by atoms with E-state index >= 15 is 0 Å². The van der Waals surface area contributed by atoms with Crippen LogP contribution in [0.25, 0.3) is 16.9 Å². The molecular weight excluding hydrogens is 374 g/mol. The van der Waals surface area contributed by atoms with E-state index in [1.807, 2.05) is 63.8 Å². The number of rotatable bonds is 6. The van der Waals surface area contributed by atoms with Crippen LogP contribution in [0.5, 0.6) is 11.5 Å². The summed E-state index contributed by atoms with van der Waals surface area (Å²) in [4.78, 5) is 17.6. The number of benzene rings is 1. The van der Waals surface area contributed by atoms with Gasteiger partial charge in [-0.2, -0.15) is 11.3 Å². The number of methoxy groups -OCH3 is 2. The van der Waals surface area contributed by atoms with Gasteiger partial charge in [-0.05, 0) is 29.6 Å². The van der Waals surface area contributed by atoms with Gasteiger partial charge in [-0.1, -0.05) is 18.2 Å². The molecule has 0 spiro atoms. The third-order valence-electron chi connectivity index (χ3n) is 4.46. The van der Waals surface area contributed by atoms with E-state index in [0.29, 0.717) is 23.7 Å². The zero-order valence-electron chi connectivity index (χ0n) is 15.5. The SMILES string of the molecule is COc1cccc(CNC(=O)c2nc3ccccn3c2-c2ccsc2)c1OC. The molecule has 6 nitrogen and oxygen atoms in total. The molecule has 4 rings (SSSR count). The zero-order chi connectivity index (χ0) is 19.5. The fraction of sp³-hybridized carbons (Fsp3) is 0.143. The molecule has 0 atom stereocenters. The number of carbonyl (C=O) groups is 1. The van der Waals surface area contributed by atoms with Crippen LogP contribution >= 0.6 is 11.3 Å². The minimum absolute atomic E-state index is 0.241. The maximum absolute atomic E-state index is 13.0. The van der Waals surface area contributed by atoms with Crippen LogP contribution in [0.2, 0.25) is 0 Å². The van der Waals surface area contributed by atoms with E-state index < -0.39 is 0 Å². The lowest BCUT2D eigenvalue weighted by Gasteiger charge is -2.13. The van der Waals surface area contributed by atoms with E-state index in [4.69, 9.17) is 9.47 Å². The minimum Gasteiger partial charge on any atom is -0.493 e. The number of nitrogens with one attached hydrogen (secondary N) is 1. The van der Waals surface area contributed by atoms with Crippen molar-refractivity contribution < 1.29 is 14.3 Å². The molecule has 0 saturated carbocycles. The van der Waals surface area contributed by atoms with Gasteiger partial charge in [-0.25, -0.2) is 4.98 Å². The molecule has 1 aromatic carbocycles. The van der Waals surface area contributed by atoms with Gasteiger partial charge in [0.25, 0.3) is 5.91 Å². The second kappa shape index (κ2) is 7.74. The van der Waals surface area contributed by atoms with Crippen molar-refractivity contribution in [1.82, 2.24) is 14.7 Å². The van der Waals surface area contributed by atoms with Gasteiger partial charge in [-0.15, -0.1) is 0 Å². The largest absolute Gasteiger partial charge is 0.493 e. The topological polar surface area (TPSA) is 64.9 Å². The highest BCUT2D eigenvalue weighted by molar-refractivity contribution is 7.08. The molecule has 0 fully saturated rings. The Hall–Kier alpha value is -3.32. The molecule has 0 aliphatic carbocycles. The van der Waals surface area contributed by atoms with Crippen LogP contribution in [0.4, 0.5) is 0 Å². The predicted molar refractivity (Wildman–Crippen MR) is 109 cm³/mol. The molecule has 4 aromatic rings. The molecule has 0 radical (unpaired) electrons. The Morgan fingerprint density at radius 1 is 1.14 bits per heavy atom. The number of nitrogens with zero attached hydrogens (tertiary/aromatic N) is 2. The quantitative estimate of drug-likeness (QED) is 0.538. The maximum Gasteiger partial charge on any atom is 0.272 e. The summed E-state index contributed by atoms with van der Waals surface area (Å²) in [5, 5.41) is 6.96. The highest BCUT2D eigenvalue weighted by Crippen LogP contribution is 2.31. The van der Waals surface area contributed by atoms with E-state index in [1.165, 1.54) is 0 Å². The van der Waals surface area contributed by atoms with Crippen molar-refractivity contribution in [2.75, 3.05) is 14.2 Å². The number of carbonyl (C=O) groups excluding carboxylic acids is 1. The maximum atomic E-state index is 13.0. The summed E-state index contributed by atoms with van der Waals surface area (Å²) in [5.74, 6) is 0.995. The second-order valence-corrected chi connectivity index (χ2v) is 6.87. The van der Waals surface area contributed by atoms with Crippen molar-refractivity contribution in [2.24, 2.45) is 0 Å². The Morgan fingerprint density at radius 3 is 2.79 bits per heavy atom. The van der Waals surface area contributed by atoms with Gasteiger partial charge in [0.1, 0.15) is 5.65 Å². The van der Waals surface area contributed by atoms with Crippen LogP contribution in [0.1, 0.15) is 16.1 Å². The first-order valence-corrected chi connectivity index (χ1v) is 9.65. The summed E-state index contributed by atoms with van der Waals surface area (Å²) >= 11 is 1.58. The van der Waals surface area contributed by atoms with Gasteiger partial charge in [0.2, 0.25) is 0 Å². The molecule has 0 bridgehead atoms. The van der Waals surface area contributed by atoms with Crippen LogP contribution in [-0.2, 0) is 6.54 Å². The third kappa shape index (κ3) is 3.20. The van der Waals surface area contributed by atoms with E-state index in [1.54, 1.807) is 25.6 Å². The number of imidazole rings is 1. The smallest absolute Gasteiger partial charge is 0.272 e. The predicted octanol–water partition coefficient (Wildman–Crippen LogP) is 4.01. The molecule has 7 heteroatoms. The molecule has 0 aliphatic heterocycles. The van der Waals surface area contributed by atoms with Crippen LogP contribution in [-0.4, -0.2) is 29.5 Å². The van der Waals surface area contributed by atoms with Crippen molar-refractivity contribution in [3.63, 3.8) is 0 Å². The number of hydrogen-bond acceptors (Lipinski definition) is 5. The normalized spacial score (nSPS) is 10.8. The van der Waals surface area contributed by atoms with E-state index in [9.17, 15) is 4.79 Å². The molecule has 3 heterocycles. The monoisotopic (exact) mass is 393 g/mol.